The summed E-state index contributed by atoms with van der Waals surface area (Å²) in [6, 6.07) is 12.9. The Morgan fingerprint density at radius 1 is 1.00 bits per heavy atom. The van der Waals surface area contributed by atoms with Crippen molar-refractivity contribution in [2.45, 2.75) is 25.7 Å². The standard InChI is InChI=1S/C19H22N2O2S/c1-12(2)18(22)20-15-8-5-13(3)17(11-15)21-19(23)14-6-9-16(24-4)10-7-14/h5-12H,1-4H3,(H,20,22)(H,21,23). The maximum absolute atomic E-state index is 12.4. The van der Waals surface area contributed by atoms with Gasteiger partial charge in [-0.15, -0.1) is 11.8 Å². The fourth-order valence-electron chi connectivity index (χ4n) is 2.06. The molecule has 0 unspecified atom stereocenters. The molecule has 0 bridgehead atoms. The third kappa shape index (κ3) is 4.61. The molecule has 0 aromatic heterocycles. The van der Waals surface area contributed by atoms with Gasteiger partial charge in [-0.25, -0.2) is 0 Å². The van der Waals surface area contributed by atoms with Gasteiger partial charge in [0.25, 0.3) is 5.91 Å². The minimum atomic E-state index is -0.168. The topological polar surface area (TPSA) is 58.2 Å². The van der Waals surface area contributed by atoms with E-state index in [4.69, 9.17) is 0 Å². The van der Waals surface area contributed by atoms with E-state index >= 15 is 0 Å². The van der Waals surface area contributed by atoms with E-state index in [0.717, 1.165) is 10.5 Å². The minimum Gasteiger partial charge on any atom is -0.326 e. The van der Waals surface area contributed by atoms with E-state index in [1.54, 1.807) is 30.0 Å². The van der Waals surface area contributed by atoms with Crippen LogP contribution in [0.15, 0.2) is 47.4 Å². The van der Waals surface area contributed by atoms with Gasteiger partial charge in [-0.05, 0) is 55.1 Å². The van der Waals surface area contributed by atoms with Crippen molar-refractivity contribution >= 4 is 35.0 Å². The molecule has 2 amide bonds. The monoisotopic (exact) mass is 342 g/mol. The molecule has 126 valence electrons. The zero-order chi connectivity index (χ0) is 17.7. The molecule has 0 aliphatic heterocycles. The van der Waals surface area contributed by atoms with Crippen LogP contribution in [0.2, 0.25) is 0 Å². The third-order valence-corrected chi connectivity index (χ3v) is 4.37. The van der Waals surface area contributed by atoms with Gasteiger partial charge in [0.05, 0.1) is 0 Å². The number of carbonyl (C=O) groups is 2. The van der Waals surface area contributed by atoms with Crippen LogP contribution in [0.4, 0.5) is 11.4 Å². The van der Waals surface area contributed by atoms with E-state index in [1.807, 2.05) is 51.3 Å². The summed E-state index contributed by atoms with van der Waals surface area (Å²) in [5, 5.41) is 5.75. The van der Waals surface area contributed by atoms with Crippen LogP contribution in [0.25, 0.3) is 0 Å². The first kappa shape index (κ1) is 18.1. The van der Waals surface area contributed by atoms with Gasteiger partial charge in [0.2, 0.25) is 5.91 Å². The molecule has 24 heavy (non-hydrogen) atoms. The van der Waals surface area contributed by atoms with Crippen LogP contribution in [0.5, 0.6) is 0 Å². The van der Waals surface area contributed by atoms with Crippen molar-refractivity contribution in [3.05, 3.63) is 53.6 Å². The van der Waals surface area contributed by atoms with Crippen molar-refractivity contribution in [3.63, 3.8) is 0 Å². The second kappa shape index (κ2) is 8.02. The summed E-state index contributed by atoms with van der Waals surface area (Å²) in [5.41, 5.74) is 2.90. The Labute approximate surface area is 147 Å². The van der Waals surface area contributed by atoms with E-state index < -0.39 is 0 Å². The number of aryl methyl sites for hydroxylation is 1. The predicted molar refractivity (Wildman–Crippen MR) is 101 cm³/mol. The van der Waals surface area contributed by atoms with Crippen molar-refractivity contribution < 1.29 is 9.59 Å². The van der Waals surface area contributed by atoms with Crippen molar-refractivity contribution in [1.82, 2.24) is 0 Å². The van der Waals surface area contributed by atoms with Crippen LogP contribution in [0.3, 0.4) is 0 Å². The molecule has 4 nitrogen and oxygen atoms in total. The Kier molecular flexibility index (Phi) is 6.04. The molecule has 0 heterocycles. The van der Waals surface area contributed by atoms with E-state index in [-0.39, 0.29) is 17.7 Å². The highest BCUT2D eigenvalue weighted by molar-refractivity contribution is 7.98. The number of nitrogens with one attached hydrogen (secondary N) is 2. The van der Waals surface area contributed by atoms with Crippen LogP contribution in [0.1, 0.15) is 29.8 Å². The Balaban J connectivity index is 2.15. The van der Waals surface area contributed by atoms with Gasteiger partial charge in [-0.1, -0.05) is 19.9 Å². The van der Waals surface area contributed by atoms with Gasteiger partial charge in [0.15, 0.2) is 0 Å². The number of benzene rings is 2. The maximum atomic E-state index is 12.4. The summed E-state index contributed by atoms with van der Waals surface area (Å²) in [4.78, 5) is 25.3. The molecule has 0 atom stereocenters. The first-order chi connectivity index (χ1) is 11.4. The minimum absolute atomic E-state index is 0.0521. The number of thioether (sulfide) groups is 1. The molecule has 0 aliphatic carbocycles. The number of hydrogen-bond acceptors (Lipinski definition) is 3. The second-order valence-corrected chi connectivity index (χ2v) is 6.74. The van der Waals surface area contributed by atoms with Gasteiger partial charge < -0.3 is 10.6 Å². The van der Waals surface area contributed by atoms with E-state index in [9.17, 15) is 9.59 Å². The highest BCUT2D eigenvalue weighted by atomic mass is 32.2. The lowest BCUT2D eigenvalue weighted by Gasteiger charge is -2.13. The van der Waals surface area contributed by atoms with Crippen LogP contribution in [-0.2, 0) is 4.79 Å². The predicted octanol–water partition coefficient (Wildman–Crippen LogP) is 4.56. The van der Waals surface area contributed by atoms with Crippen molar-refractivity contribution in [3.8, 4) is 0 Å². The van der Waals surface area contributed by atoms with Gasteiger partial charge in [-0.2, -0.15) is 0 Å². The van der Waals surface area contributed by atoms with Crippen molar-refractivity contribution in [2.75, 3.05) is 16.9 Å². The number of hydrogen-bond donors (Lipinski definition) is 2. The molecule has 2 aromatic carbocycles. The highest BCUT2D eigenvalue weighted by Crippen LogP contribution is 2.22. The smallest absolute Gasteiger partial charge is 0.255 e. The lowest BCUT2D eigenvalue weighted by atomic mass is 10.1. The lowest BCUT2D eigenvalue weighted by molar-refractivity contribution is -0.118. The van der Waals surface area contributed by atoms with Crippen molar-refractivity contribution in [2.24, 2.45) is 5.92 Å². The van der Waals surface area contributed by atoms with Gasteiger partial charge in [-0.3, -0.25) is 9.59 Å². The first-order valence-electron chi connectivity index (χ1n) is 7.77. The number of carbonyl (C=O) groups excluding carboxylic acids is 2. The highest BCUT2D eigenvalue weighted by Gasteiger charge is 2.11. The van der Waals surface area contributed by atoms with Crippen LogP contribution in [-0.4, -0.2) is 18.1 Å². The zero-order valence-corrected chi connectivity index (χ0v) is 15.2. The largest absolute Gasteiger partial charge is 0.326 e. The zero-order valence-electron chi connectivity index (χ0n) is 14.3. The average Bonchev–Trinajstić information content (AvgIpc) is 2.57. The average molecular weight is 342 g/mol. The Morgan fingerprint density at radius 2 is 1.67 bits per heavy atom. The summed E-state index contributed by atoms with van der Waals surface area (Å²) in [7, 11) is 0. The third-order valence-electron chi connectivity index (χ3n) is 3.63. The number of amides is 2. The Morgan fingerprint density at radius 3 is 2.25 bits per heavy atom. The summed E-state index contributed by atoms with van der Waals surface area (Å²) in [5.74, 6) is -0.318. The summed E-state index contributed by atoms with van der Waals surface area (Å²) < 4.78 is 0. The van der Waals surface area contributed by atoms with Gasteiger partial charge >= 0.3 is 0 Å². The normalized spacial score (nSPS) is 10.5. The summed E-state index contributed by atoms with van der Waals surface area (Å²) in [6.07, 6.45) is 2.00. The van der Waals surface area contributed by atoms with Crippen molar-refractivity contribution in [1.29, 1.82) is 0 Å². The molecule has 2 N–H and O–H groups in total. The molecule has 0 saturated carbocycles. The Hall–Kier alpha value is -2.27. The quantitative estimate of drug-likeness (QED) is 0.783. The molecule has 0 saturated heterocycles. The molecule has 0 fully saturated rings. The van der Waals surface area contributed by atoms with Gasteiger partial charge in [0.1, 0.15) is 0 Å². The number of anilines is 2. The molecule has 5 heteroatoms. The van der Waals surface area contributed by atoms with Crippen LogP contribution >= 0.6 is 11.8 Å². The summed E-state index contributed by atoms with van der Waals surface area (Å²) in [6.45, 7) is 5.59. The van der Waals surface area contributed by atoms with Crippen LogP contribution < -0.4 is 10.6 Å². The molecule has 2 aromatic rings. The van der Waals surface area contributed by atoms with E-state index in [0.29, 0.717) is 16.9 Å². The fourth-order valence-corrected chi connectivity index (χ4v) is 2.47. The molecular weight excluding hydrogens is 320 g/mol. The molecule has 2 rings (SSSR count). The van der Waals surface area contributed by atoms with Crippen LogP contribution in [0, 0.1) is 12.8 Å². The molecular formula is C19H22N2O2S. The first-order valence-corrected chi connectivity index (χ1v) is 9.00. The van der Waals surface area contributed by atoms with Gasteiger partial charge in [0, 0.05) is 27.8 Å². The second-order valence-electron chi connectivity index (χ2n) is 5.86. The van der Waals surface area contributed by atoms with E-state index in [1.165, 1.54) is 0 Å². The summed E-state index contributed by atoms with van der Waals surface area (Å²) >= 11 is 1.63. The fraction of sp³-hybridized carbons (Fsp3) is 0.263. The lowest BCUT2D eigenvalue weighted by Crippen LogP contribution is -2.18. The molecule has 0 radical (unpaired) electrons. The number of rotatable bonds is 5. The maximum Gasteiger partial charge on any atom is 0.255 e. The molecule has 0 spiro atoms. The SMILES string of the molecule is CSc1ccc(C(=O)Nc2cc(NC(=O)C(C)C)ccc2C)cc1. The van der Waals surface area contributed by atoms with E-state index in [2.05, 4.69) is 10.6 Å². The molecule has 0 aliphatic rings. The Bertz CT molecular complexity index is 740.